The van der Waals surface area contributed by atoms with Gasteiger partial charge in [0.15, 0.2) is 12.4 Å². The van der Waals surface area contributed by atoms with Crippen molar-refractivity contribution >= 4 is 17.9 Å². The number of carboxylic acid groups (broad SMARTS) is 1. The number of carbonyl (C=O) groups is 3. The predicted octanol–water partition coefficient (Wildman–Crippen LogP) is 17.9. The van der Waals surface area contributed by atoms with Gasteiger partial charge in [-0.15, -0.1) is 0 Å². The van der Waals surface area contributed by atoms with Crippen LogP contribution in [0.1, 0.15) is 245 Å². The second-order valence-corrected chi connectivity index (χ2v) is 22.0. The number of nitrogens with zero attached hydrogens (tertiary/aromatic N) is 1. The Morgan fingerprint density at radius 3 is 1.09 bits per heavy atom. The fourth-order valence-electron chi connectivity index (χ4n) is 8.35. The molecule has 0 saturated carbocycles. The molecule has 0 fully saturated rings. The van der Waals surface area contributed by atoms with Gasteiger partial charge in [-0.25, -0.2) is 0 Å². The molecule has 0 radical (unpaired) electrons. The average molecular weight is 1100 g/mol. The van der Waals surface area contributed by atoms with Crippen LogP contribution in [0.25, 0.3) is 0 Å². The smallest absolute Gasteiger partial charge is 0.306 e. The summed E-state index contributed by atoms with van der Waals surface area (Å²) < 4.78 is 22.7. The van der Waals surface area contributed by atoms with Gasteiger partial charge in [0.2, 0.25) is 0 Å². The van der Waals surface area contributed by atoms with Gasteiger partial charge in [0.05, 0.1) is 40.3 Å². The Morgan fingerprint density at radius 2 is 0.722 bits per heavy atom. The lowest BCUT2D eigenvalue weighted by Crippen LogP contribution is -2.44. The lowest BCUT2D eigenvalue weighted by molar-refractivity contribution is -0.870. The molecule has 0 aromatic carbocycles. The van der Waals surface area contributed by atoms with Crippen LogP contribution in [-0.4, -0.2) is 82.3 Å². The molecule has 0 N–H and O–H groups in total. The molecule has 2 atom stereocenters. The number of unbranched alkanes of at least 4 members (excludes halogenated alkanes) is 22. The normalized spacial score (nSPS) is 13.6. The average Bonchev–Trinajstić information content (AvgIpc) is 3.42. The summed E-state index contributed by atoms with van der Waals surface area (Å²) in [7, 11) is 5.91. The SMILES string of the molecule is CC/C=C\C/C=C\C/C=C\C/C=C\C/C=C\C/C=C\C/C=C\C/C=C\C/C=C\CCCCCCCC(=O)OC(COC(=O)CCCCCCCCCCC/C=C\CCCCCCCCCC)COC(OCC[N+](C)(C)C)C(=O)[O-]. The molecule has 0 aromatic heterocycles. The molecule has 9 nitrogen and oxygen atoms in total. The van der Waals surface area contributed by atoms with Crippen LogP contribution in [0.5, 0.6) is 0 Å². The standard InChI is InChI=1S/C70H117NO8/c1-6-8-10-12-14-16-18-20-22-24-26-28-29-30-31-32-33-34-35-36-37-38-39-41-43-45-47-49-51-53-55-57-59-61-68(73)79-66(65-78-70(69(74)75)76-63-62-71(3,4)5)64-77-67(72)60-58-56-54-52-50-48-46-44-42-40-27-25-23-21-19-17-15-13-11-9-7-2/h8,10,14,16,20,22,25-28,30-31,33-34,36-37,39,41,45,47,66,70H,6-7,9,11-13,15,17-19,21,23-24,29,32,35,38,40,42-44,46,48-65H2,1-5H3/b10-8-,16-14-,22-20-,27-25-,28-26-,31-30-,34-33-,37-36-,41-39-,47-45-. The molecule has 450 valence electrons. The highest BCUT2D eigenvalue weighted by molar-refractivity contribution is 5.70. The molecule has 79 heavy (non-hydrogen) atoms. The molecule has 2 unspecified atom stereocenters. The summed E-state index contributed by atoms with van der Waals surface area (Å²) in [5.74, 6) is -2.32. The van der Waals surface area contributed by atoms with Gasteiger partial charge in [-0.1, -0.05) is 245 Å². The number of esters is 2. The third-order valence-electron chi connectivity index (χ3n) is 13.2. The van der Waals surface area contributed by atoms with Crippen LogP contribution >= 0.6 is 0 Å². The Balaban J connectivity index is 4.29. The van der Waals surface area contributed by atoms with Crippen molar-refractivity contribution in [2.24, 2.45) is 0 Å². The summed E-state index contributed by atoms with van der Waals surface area (Å²) >= 11 is 0. The fourth-order valence-corrected chi connectivity index (χ4v) is 8.35. The molecule has 0 rings (SSSR count). The molecule has 0 aliphatic heterocycles. The number of rotatable bonds is 57. The molecular formula is C70H117NO8. The van der Waals surface area contributed by atoms with E-state index in [0.29, 0.717) is 17.4 Å². The van der Waals surface area contributed by atoms with Crippen molar-refractivity contribution in [1.29, 1.82) is 0 Å². The summed E-state index contributed by atoms with van der Waals surface area (Å²) in [4.78, 5) is 37.4. The zero-order valence-corrected chi connectivity index (χ0v) is 51.2. The number of allylic oxidation sites excluding steroid dienone is 20. The first-order valence-electron chi connectivity index (χ1n) is 31.7. The maximum Gasteiger partial charge on any atom is 0.306 e. The lowest BCUT2D eigenvalue weighted by atomic mass is 10.1. The highest BCUT2D eigenvalue weighted by Crippen LogP contribution is 2.15. The van der Waals surface area contributed by atoms with Crippen LogP contribution in [0, 0.1) is 0 Å². The van der Waals surface area contributed by atoms with E-state index in [1.807, 2.05) is 21.1 Å². The lowest BCUT2D eigenvalue weighted by Gasteiger charge is -2.26. The number of aliphatic carboxylic acids is 1. The topological polar surface area (TPSA) is 111 Å². The molecule has 0 heterocycles. The quantitative estimate of drug-likeness (QED) is 0.0195. The van der Waals surface area contributed by atoms with E-state index in [0.717, 1.165) is 109 Å². The van der Waals surface area contributed by atoms with E-state index in [9.17, 15) is 19.5 Å². The van der Waals surface area contributed by atoms with Gasteiger partial charge in [-0.2, -0.15) is 0 Å². The maximum atomic E-state index is 12.9. The van der Waals surface area contributed by atoms with Crippen molar-refractivity contribution in [1.82, 2.24) is 0 Å². The number of hydrogen-bond acceptors (Lipinski definition) is 8. The van der Waals surface area contributed by atoms with E-state index >= 15 is 0 Å². The number of ether oxygens (including phenoxy) is 4. The number of quaternary nitrogens is 1. The Kier molecular flexibility index (Phi) is 56.5. The molecule has 0 bridgehead atoms. The summed E-state index contributed by atoms with van der Waals surface area (Å²) in [6.07, 6.45) is 81.1. The summed E-state index contributed by atoms with van der Waals surface area (Å²) in [6, 6.07) is 0. The Labute approximate surface area is 485 Å². The van der Waals surface area contributed by atoms with Crippen LogP contribution in [0.4, 0.5) is 0 Å². The minimum Gasteiger partial charge on any atom is -0.545 e. The Morgan fingerprint density at radius 1 is 0.392 bits per heavy atom. The third kappa shape index (κ3) is 61.2. The van der Waals surface area contributed by atoms with Crippen LogP contribution in [-0.2, 0) is 33.3 Å². The van der Waals surface area contributed by atoms with Gasteiger partial charge in [0.1, 0.15) is 13.2 Å². The fraction of sp³-hybridized carbons (Fsp3) is 0.671. The first kappa shape index (κ1) is 74.7. The maximum absolute atomic E-state index is 12.9. The van der Waals surface area contributed by atoms with Crippen molar-refractivity contribution in [2.75, 3.05) is 47.5 Å². The highest BCUT2D eigenvalue weighted by atomic mass is 16.7. The summed E-state index contributed by atoms with van der Waals surface area (Å²) in [6.45, 7) is 4.61. The molecule has 0 amide bonds. The van der Waals surface area contributed by atoms with E-state index in [-0.39, 0.29) is 38.6 Å². The zero-order valence-electron chi connectivity index (χ0n) is 51.2. The highest BCUT2D eigenvalue weighted by Gasteiger charge is 2.22. The molecular weight excluding hydrogens is 983 g/mol. The number of hydrogen-bond donors (Lipinski definition) is 0. The number of likely N-dealkylation sites (N-methyl/N-ethyl adjacent to an activating group) is 1. The second-order valence-electron chi connectivity index (χ2n) is 22.0. The third-order valence-corrected chi connectivity index (χ3v) is 13.2. The minimum atomic E-state index is -1.64. The van der Waals surface area contributed by atoms with E-state index < -0.39 is 24.3 Å². The van der Waals surface area contributed by atoms with E-state index in [4.69, 9.17) is 18.9 Å². The number of carboxylic acids is 1. The van der Waals surface area contributed by atoms with Gasteiger partial charge in [-0.05, 0) is 109 Å². The van der Waals surface area contributed by atoms with E-state index in [1.54, 1.807) is 0 Å². The van der Waals surface area contributed by atoms with Crippen LogP contribution in [0.15, 0.2) is 122 Å². The van der Waals surface area contributed by atoms with Gasteiger partial charge in [0, 0.05) is 12.8 Å². The van der Waals surface area contributed by atoms with Crippen LogP contribution < -0.4 is 5.11 Å². The largest absolute Gasteiger partial charge is 0.545 e. The van der Waals surface area contributed by atoms with Crippen molar-refractivity contribution in [3.63, 3.8) is 0 Å². The van der Waals surface area contributed by atoms with E-state index in [1.165, 1.54) is 103 Å². The van der Waals surface area contributed by atoms with Crippen molar-refractivity contribution < 1.29 is 42.9 Å². The minimum absolute atomic E-state index is 0.137. The molecule has 9 heteroatoms. The molecule has 0 spiro atoms. The molecule has 0 aromatic rings. The second kappa shape index (κ2) is 59.8. The van der Waals surface area contributed by atoms with Crippen molar-refractivity contribution in [2.45, 2.75) is 257 Å². The monoisotopic (exact) mass is 1100 g/mol. The molecule has 0 saturated heterocycles. The van der Waals surface area contributed by atoms with Crippen molar-refractivity contribution in [3.05, 3.63) is 122 Å². The summed E-state index contributed by atoms with van der Waals surface area (Å²) in [5.41, 5.74) is 0. The predicted molar refractivity (Wildman–Crippen MR) is 333 cm³/mol. The van der Waals surface area contributed by atoms with E-state index in [2.05, 4.69) is 135 Å². The van der Waals surface area contributed by atoms with Gasteiger partial charge >= 0.3 is 11.9 Å². The molecule has 0 aliphatic carbocycles. The Bertz CT molecular complexity index is 1710. The van der Waals surface area contributed by atoms with Crippen LogP contribution in [0.3, 0.4) is 0 Å². The molecule has 0 aliphatic rings. The number of carbonyl (C=O) groups excluding carboxylic acids is 3. The Hall–Kier alpha value is -4.31. The van der Waals surface area contributed by atoms with Crippen molar-refractivity contribution in [3.8, 4) is 0 Å². The first-order valence-corrected chi connectivity index (χ1v) is 31.7. The first-order chi connectivity index (χ1) is 38.6. The summed E-state index contributed by atoms with van der Waals surface area (Å²) in [5, 5.41) is 11.8. The van der Waals surface area contributed by atoms with Gasteiger partial charge in [-0.3, -0.25) is 9.59 Å². The van der Waals surface area contributed by atoms with Crippen LogP contribution in [0.2, 0.25) is 0 Å². The van der Waals surface area contributed by atoms with Gasteiger partial charge in [0.25, 0.3) is 0 Å². The zero-order chi connectivity index (χ0) is 57.6. The van der Waals surface area contributed by atoms with Gasteiger partial charge < -0.3 is 33.3 Å².